The molecule has 1 aromatic rings. The van der Waals surface area contributed by atoms with Gasteiger partial charge in [0.15, 0.2) is 17.3 Å². The molecule has 0 heterocycles. The lowest BCUT2D eigenvalue weighted by Gasteiger charge is -2.12. The molecule has 1 unspecified atom stereocenters. The number of carbonyl (C=O) groups is 1. The summed E-state index contributed by atoms with van der Waals surface area (Å²) in [4.78, 5) is 11.8. The summed E-state index contributed by atoms with van der Waals surface area (Å²) in [5.74, 6) is 1.28. The number of Topliss-reactive ketones (excluding diaryl/α,β-unsaturated/α-hetero) is 1. The lowest BCUT2D eigenvalue weighted by atomic mass is 10.1. The quantitative estimate of drug-likeness (QED) is 0.775. The van der Waals surface area contributed by atoms with Crippen LogP contribution in [0.4, 0.5) is 0 Å². The van der Waals surface area contributed by atoms with Crippen LogP contribution in [0.3, 0.4) is 0 Å². The number of hydrogen-bond acceptors (Lipinski definition) is 3. The van der Waals surface area contributed by atoms with Gasteiger partial charge >= 0.3 is 0 Å². The Balaban J connectivity index is 2.43. The van der Waals surface area contributed by atoms with E-state index in [0.29, 0.717) is 36.7 Å². The van der Waals surface area contributed by atoms with Gasteiger partial charge in [0.1, 0.15) is 5.38 Å². The van der Waals surface area contributed by atoms with Gasteiger partial charge in [-0.15, -0.1) is 11.6 Å². The van der Waals surface area contributed by atoms with E-state index in [1.54, 1.807) is 6.07 Å². The molecule has 0 amide bonds. The lowest BCUT2D eigenvalue weighted by molar-refractivity contribution is 0.0997. The van der Waals surface area contributed by atoms with Crippen molar-refractivity contribution in [3.8, 4) is 11.5 Å². The molecule has 3 nitrogen and oxygen atoms in total. The molecule has 0 bridgehead atoms. The van der Waals surface area contributed by atoms with Crippen LogP contribution in [0.2, 0.25) is 0 Å². The second-order valence-electron chi connectivity index (χ2n) is 3.86. The van der Waals surface area contributed by atoms with E-state index in [4.69, 9.17) is 21.1 Å². The first-order valence-corrected chi connectivity index (χ1v) is 6.21. The Morgan fingerprint density at radius 1 is 1.24 bits per heavy atom. The molecular weight excluding hydrogens is 240 g/mol. The van der Waals surface area contributed by atoms with Crippen molar-refractivity contribution in [1.82, 2.24) is 0 Å². The summed E-state index contributed by atoms with van der Waals surface area (Å²) in [6.45, 7) is 4.92. The largest absolute Gasteiger partial charge is 0.490 e. The third-order valence-corrected chi connectivity index (χ3v) is 3.07. The van der Waals surface area contributed by atoms with Gasteiger partial charge in [0.2, 0.25) is 0 Å². The fourth-order valence-corrected chi connectivity index (χ4v) is 2.28. The normalized spacial score (nSPS) is 18.1. The van der Waals surface area contributed by atoms with Crippen LogP contribution in [-0.2, 0) is 6.42 Å². The number of carbonyl (C=O) groups excluding carboxylic acids is 1. The molecule has 0 spiro atoms. The first-order valence-electron chi connectivity index (χ1n) is 5.78. The van der Waals surface area contributed by atoms with Crippen molar-refractivity contribution in [2.45, 2.75) is 25.6 Å². The molecule has 1 aliphatic carbocycles. The Labute approximate surface area is 106 Å². The topological polar surface area (TPSA) is 35.5 Å². The molecule has 1 atom stereocenters. The highest BCUT2D eigenvalue weighted by atomic mass is 35.5. The van der Waals surface area contributed by atoms with Gasteiger partial charge in [-0.2, -0.15) is 0 Å². The molecule has 0 saturated heterocycles. The smallest absolute Gasteiger partial charge is 0.181 e. The van der Waals surface area contributed by atoms with Crippen molar-refractivity contribution >= 4 is 17.4 Å². The highest BCUT2D eigenvalue weighted by Crippen LogP contribution is 2.36. The molecule has 0 radical (unpaired) electrons. The number of ether oxygens (including phenoxy) is 2. The second-order valence-corrected chi connectivity index (χ2v) is 4.38. The van der Waals surface area contributed by atoms with Gasteiger partial charge in [-0.25, -0.2) is 0 Å². The van der Waals surface area contributed by atoms with Crippen LogP contribution in [-0.4, -0.2) is 24.4 Å². The average Bonchev–Trinajstić information content (AvgIpc) is 2.57. The predicted molar refractivity (Wildman–Crippen MR) is 66.5 cm³/mol. The number of fused-ring (bicyclic) bond motifs is 1. The zero-order valence-electron chi connectivity index (χ0n) is 9.96. The summed E-state index contributed by atoms with van der Waals surface area (Å²) in [6.07, 6.45) is 0.572. The van der Waals surface area contributed by atoms with E-state index in [0.717, 1.165) is 5.56 Å². The summed E-state index contributed by atoms with van der Waals surface area (Å²) in [7, 11) is 0. The fourth-order valence-electron chi connectivity index (χ4n) is 1.99. The zero-order chi connectivity index (χ0) is 12.4. The van der Waals surface area contributed by atoms with Crippen LogP contribution < -0.4 is 9.47 Å². The SMILES string of the molecule is CCOc1cc2c(cc1OCC)C(=O)C(Cl)C2. The number of alkyl halides is 1. The molecular formula is C13H15ClO3. The minimum atomic E-state index is -0.448. The Bertz CT molecular complexity index is 443. The maximum atomic E-state index is 11.8. The first kappa shape index (κ1) is 12.2. The Kier molecular flexibility index (Phi) is 3.57. The van der Waals surface area contributed by atoms with E-state index in [1.165, 1.54) is 0 Å². The van der Waals surface area contributed by atoms with E-state index in [9.17, 15) is 4.79 Å². The van der Waals surface area contributed by atoms with Gasteiger partial charge in [0.05, 0.1) is 13.2 Å². The van der Waals surface area contributed by atoms with Crippen molar-refractivity contribution in [3.05, 3.63) is 23.3 Å². The molecule has 0 aliphatic heterocycles. The van der Waals surface area contributed by atoms with E-state index >= 15 is 0 Å². The van der Waals surface area contributed by atoms with Crippen molar-refractivity contribution in [2.24, 2.45) is 0 Å². The van der Waals surface area contributed by atoms with E-state index < -0.39 is 5.38 Å². The predicted octanol–water partition coefficient (Wildman–Crippen LogP) is 2.83. The van der Waals surface area contributed by atoms with Gasteiger partial charge in [0.25, 0.3) is 0 Å². The van der Waals surface area contributed by atoms with Gasteiger partial charge < -0.3 is 9.47 Å². The molecule has 17 heavy (non-hydrogen) atoms. The van der Waals surface area contributed by atoms with E-state index in [1.807, 2.05) is 19.9 Å². The molecule has 2 rings (SSSR count). The number of halogens is 1. The summed E-state index contributed by atoms with van der Waals surface area (Å²) < 4.78 is 11.0. The molecule has 1 aliphatic rings. The monoisotopic (exact) mass is 254 g/mol. The van der Waals surface area contributed by atoms with Crippen LogP contribution in [0, 0.1) is 0 Å². The third kappa shape index (κ3) is 2.25. The average molecular weight is 255 g/mol. The highest BCUT2D eigenvalue weighted by Gasteiger charge is 2.30. The second kappa shape index (κ2) is 4.96. The number of rotatable bonds is 4. The van der Waals surface area contributed by atoms with E-state index in [-0.39, 0.29) is 5.78 Å². The van der Waals surface area contributed by atoms with Crippen LogP contribution in [0.15, 0.2) is 12.1 Å². The Morgan fingerprint density at radius 2 is 1.82 bits per heavy atom. The molecule has 0 fully saturated rings. The highest BCUT2D eigenvalue weighted by molar-refractivity contribution is 6.35. The molecule has 0 aromatic heterocycles. The maximum Gasteiger partial charge on any atom is 0.181 e. The molecule has 4 heteroatoms. The van der Waals surface area contributed by atoms with Gasteiger partial charge in [-0.1, -0.05) is 0 Å². The number of benzene rings is 1. The van der Waals surface area contributed by atoms with E-state index in [2.05, 4.69) is 0 Å². The Morgan fingerprint density at radius 3 is 2.41 bits per heavy atom. The van der Waals surface area contributed by atoms with Gasteiger partial charge in [-0.05, 0) is 38.0 Å². The van der Waals surface area contributed by atoms with Crippen LogP contribution in [0.25, 0.3) is 0 Å². The molecule has 92 valence electrons. The maximum absolute atomic E-state index is 11.8. The molecule has 0 N–H and O–H groups in total. The summed E-state index contributed by atoms with van der Waals surface area (Å²) in [6, 6.07) is 3.61. The standard InChI is InChI=1S/C13H15ClO3/c1-3-16-11-6-8-5-10(14)13(15)9(8)7-12(11)17-4-2/h6-7,10H,3-5H2,1-2H3. The minimum absolute atomic E-state index is 0.0225. The lowest BCUT2D eigenvalue weighted by Crippen LogP contribution is -2.07. The van der Waals surface area contributed by atoms with Crippen molar-refractivity contribution in [2.75, 3.05) is 13.2 Å². The third-order valence-electron chi connectivity index (χ3n) is 2.72. The zero-order valence-corrected chi connectivity index (χ0v) is 10.7. The summed E-state index contributed by atoms with van der Waals surface area (Å²) in [5, 5.41) is -0.448. The van der Waals surface area contributed by atoms with Gasteiger partial charge in [-0.3, -0.25) is 4.79 Å². The number of ketones is 1. The Hall–Kier alpha value is -1.22. The first-order chi connectivity index (χ1) is 8.17. The number of hydrogen-bond donors (Lipinski definition) is 0. The van der Waals surface area contributed by atoms with Crippen molar-refractivity contribution < 1.29 is 14.3 Å². The molecule has 0 saturated carbocycles. The summed E-state index contributed by atoms with van der Waals surface area (Å²) in [5.41, 5.74) is 1.61. The van der Waals surface area contributed by atoms with Crippen LogP contribution >= 0.6 is 11.6 Å². The van der Waals surface area contributed by atoms with Crippen molar-refractivity contribution in [3.63, 3.8) is 0 Å². The molecule has 1 aromatic carbocycles. The van der Waals surface area contributed by atoms with Gasteiger partial charge in [0, 0.05) is 5.56 Å². The van der Waals surface area contributed by atoms with Crippen LogP contribution in [0.5, 0.6) is 11.5 Å². The van der Waals surface area contributed by atoms with Crippen LogP contribution in [0.1, 0.15) is 29.8 Å². The fraction of sp³-hybridized carbons (Fsp3) is 0.462. The summed E-state index contributed by atoms with van der Waals surface area (Å²) >= 11 is 5.96. The minimum Gasteiger partial charge on any atom is -0.490 e. The van der Waals surface area contributed by atoms with Crippen molar-refractivity contribution in [1.29, 1.82) is 0 Å².